The highest BCUT2D eigenvalue weighted by Gasteiger charge is 2.51. The Labute approximate surface area is 118 Å². The van der Waals surface area contributed by atoms with E-state index in [-0.39, 0.29) is 11.3 Å². The van der Waals surface area contributed by atoms with Crippen LogP contribution in [0.5, 0.6) is 5.75 Å². The van der Waals surface area contributed by atoms with Crippen LogP contribution in [0.2, 0.25) is 5.02 Å². The van der Waals surface area contributed by atoms with Gasteiger partial charge in [0.2, 0.25) is 0 Å². The maximum Gasteiger partial charge on any atom is 0.365 e. The molecule has 1 aliphatic rings. The number of hydrogen-bond donors (Lipinski definition) is 0. The van der Waals surface area contributed by atoms with Gasteiger partial charge in [0.25, 0.3) is 5.00 Å². The number of thioether (sulfide) groups is 1. The summed E-state index contributed by atoms with van der Waals surface area (Å²) in [5.74, 6) is -0.695. The molecule has 2 aromatic carbocycles. The van der Waals surface area contributed by atoms with Gasteiger partial charge in [-0.05, 0) is 30.3 Å². The van der Waals surface area contributed by atoms with Crippen LogP contribution in [0.15, 0.2) is 53.4 Å². The molecule has 0 aromatic heterocycles. The average Bonchev–Trinajstić information content (AvgIpc) is 2.64. The predicted octanol–water partition coefficient (Wildman–Crippen LogP) is 4.17. The third-order valence-electron chi connectivity index (χ3n) is 2.75. The Morgan fingerprint density at radius 3 is 2.63 bits per heavy atom. The van der Waals surface area contributed by atoms with Crippen molar-refractivity contribution >= 4 is 29.3 Å². The number of fused-ring (bicyclic) bond motifs is 1. The van der Waals surface area contributed by atoms with E-state index in [2.05, 4.69) is 0 Å². The largest absolute Gasteiger partial charge is 0.423 e. The Hall–Kier alpha value is -1.52. The van der Waals surface area contributed by atoms with Gasteiger partial charge >= 0.3 is 5.97 Å². The molecule has 0 saturated heterocycles. The van der Waals surface area contributed by atoms with Crippen molar-refractivity contribution in [3.05, 3.63) is 59.1 Å². The van der Waals surface area contributed by atoms with Crippen LogP contribution in [0.1, 0.15) is 5.56 Å². The van der Waals surface area contributed by atoms with Gasteiger partial charge in [0.1, 0.15) is 5.75 Å². The Bertz CT molecular complexity index is 647. The van der Waals surface area contributed by atoms with Crippen molar-refractivity contribution in [2.75, 3.05) is 0 Å². The Morgan fingerprint density at radius 1 is 1.16 bits per heavy atom. The van der Waals surface area contributed by atoms with Crippen LogP contribution in [0, 0.1) is 0 Å². The molecule has 0 bridgehead atoms. The first kappa shape index (κ1) is 12.5. The fourth-order valence-corrected chi connectivity index (χ4v) is 3.05. The van der Waals surface area contributed by atoms with Crippen LogP contribution < -0.4 is 4.74 Å². The van der Waals surface area contributed by atoms with Gasteiger partial charge in [-0.3, -0.25) is 0 Å². The first-order valence-electron chi connectivity index (χ1n) is 5.55. The van der Waals surface area contributed by atoms with Gasteiger partial charge in [0.05, 0.1) is 5.56 Å². The molecule has 1 atom stereocenters. The van der Waals surface area contributed by atoms with Crippen molar-refractivity contribution in [3.63, 3.8) is 0 Å². The van der Waals surface area contributed by atoms with Crippen LogP contribution in [0.3, 0.4) is 0 Å². The van der Waals surface area contributed by atoms with Crippen molar-refractivity contribution in [2.45, 2.75) is 9.90 Å². The lowest BCUT2D eigenvalue weighted by Crippen LogP contribution is -2.24. The quantitative estimate of drug-likeness (QED) is 0.614. The number of esters is 1. The Balaban J connectivity index is 2.04. The summed E-state index contributed by atoms with van der Waals surface area (Å²) < 4.78 is 20.0. The lowest BCUT2D eigenvalue weighted by Gasteiger charge is -2.15. The number of halogens is 2. The van der Waals surface area contributed by atoms with Gasteiger partial charge in [-0.25, -0.2) is 9.18 Å². The zero-order valence-electron chi connectivity index (χ0n) is 9.60. The fourth-order valence-electron chi connectivity index (χ4n) is 1.87. The summed E-state index contributed by atoms with van der Waals surface area (Å²) in [5, 5.41) is -1.88. The average molecular weight is 295 g/mol. The van der Waals surface area contributed by atoms with E-state index in [9.17, 15) is 9.18 Å². The molecule has 5 heteroatoms. The van der Waals surface area contributed by atoms with E-state index in [1.165, 1.54) is 12.1 Å². The number of rotatable bonds is 2. The number of alkyl halides is 1. The molecule has 0 aliphatic carbocycles. The number of hydrogen-bond acceptors (Lipinski definition) is 3. The fraction of sp³-hybridized carbons (Fsp3) is 0.0714. The number of benzene rings is 2. The maximum absolute atomic E-state index is 15.0. The lowest BCUT2D eigenvalue weighted by atomic mass is 10.1. The molecule has 0 saturated carbocycles. The zero-order chi connectivity index (χ0) is 13.5. The number of carbonyl (C=O) groups is 1. The normalized spacial score (nSPS) is 21.1. The van der Waals surface area contributed by atoms with E-state index < -0.39 is 11.0 Å². The minimum absolute atomic E-state index is 0.166. The summed E-state index contributed by atoms with van der Waals surface area (Å²) in [6, 6.07) is 13.4. The van der Waals surface area contributed by atoms with E-state index in [1.807, 2.05) is 6.07 Å². The molecule has 2 aromatic rings. The molecule has 1 unspecified atom stereocenters. The van der Waals surface area contributed by atoms with Crippen molar-refractivity contribution in [1.82, 2.24) is 0 Å². The SMILES string of the molecule is O=C1Oc2ccc(Cl)cc2C1(F)Sc1ccccc1. The molecule has 3 rings (SSSR count). The van der Waals surface area contributed by atoms with Gasteiger partial charge in [-0.15, -0.1) is 0 Å². The molecule has 0 spiro atoms. The van der Waals surface area contributed by atoms with Gasteiger partial charge in [0, 0.05) is 9.92 Å². The van der Waals surface area contributed by atoms with Gasteiger partial charge in [-0.2, -0.15) is 0 Å². The van der Waals surface area contributed by atoms with Crippen molar-refractivity contribution < 1.29 is 13.9 Å². The molecule has 2 nitrogen and oxygen atoms in total. The van der Waals surface area contributed by atoms with E-state index in [0.717, 1.165) is 11.8 Å². The van der Waals surface area contributed by atoms with Crippen LogP contribution in [-0.4, -0.2) is 5.97 Å². The molecule has 96 valence electrons. The summed E-state index contributed by atoms with van der Waals surface area (Å²) in [5.41, 5.74) is 0.166. The van der Waals surface area contributed by atoms with Crippen LogP contribution in [-0.2, 0) is 9.80 Å². The summed E-state index contributed by atoms with van der Waals surface area (Å²) in [6.45, 7) is 0. The van der Waals surface area contributed by atoms with E-state index in [0.29, 0.717) is 9.92 Å². The van der Waals surface area contributed by atoms with Crippen molar-refractivity contribution in [1.29, 1.82) is 0 Å². The Kier molecular flexibility index (Phi) is 2.99. The minimum atomic E-state index is -2.25. The molecule has 1 heterocycles. The highest BCUT2D eigenvalue weighted by molar-refractivity contribution is 8.00. The van der Waals surface area contributed by atoms with Gasteiger partial charge in [0.15, 0.2) is 0 Å². The van der Waals surface area contributed by atoms with Crippen molar-refractivity contribution in [2.24, 2.45) is 0 Å². The Morgan fingerprint density at radius 2 is 1.89 bits per heavy atom. The highest BCUT2D eigenvalue weighted by atomic mass is 35.5. The second-order valence-corrected chi connectivity index (χ2v) is 5.71. The van der Waals surface area contributed by atoms with Gasteiger partial charge in [-0.1, -0.05) is 41.6 Å². The standard InChI is InChI=1S/C14H8ClFO2S/c15-9-6-7-12-11(8-9)14(16,13(17)18-12)19-10-4-2-1-3-5-10/h1-8H. The zero-order valence-corrected chi connectivity index (χ0v) is 11.2. The van der Waals surface area contributed by atoms with Crippen LogP contribution in [0.4, 0.5) is 4.39 Å². The number of ether oxygens (including phenoxy) is 1. The highest BCUT2D eigenvalue weighted by Crippen LogP contribution is 2.51. The molecule has 0 fully saturated rings. The van der Waals surface area contributed by atoms with Crippen LogP contribution in [0.25, 0.3) is 0 Å². The monoisotopic (exact) mass is 294 g/mol. The van der Waals surface area contributed by atoms with Crippen molar-refractivity contribution in [3.8, 4) is 5.75 Å². The van der Waals surface area contributed by atoms with Gasteiger partial charge < -0.3 is 4.74 Å². The molecule has 0 amide bonds. The summed E-state index contributed by atoms with van der Waals surface area (Å²) in [7, 11) is 0. The maximum atomic E-state index is 15.0. The molecular weight excluding hydrogens is 287 g/mol. The second kappa shape index (κ2) is 4.54. The van der Waals surface area contributed by atoms with E-state index in [4.69, 9.17) is 16.3 Å². The topological polar surface area (TPSA) is 26.3 Å². The number of carbonyl (C=O) groups excluding carboxylic acids is 1. The predicted molar refractivity (Wildman–Crippen MR) is 72.2 cm³/mol. The molecule has 19 heavy (non-hydrogen) atoms. The first-order valence-corrected chi connectivity index (χ1v) is 6.74. The summed E-state index contributed by atoms with van der Waals surface area (Å²) in [4.78, 5) is 12.5. The summed E-state index contributed by atoms with van der Waals surface area (Å²) >= 11 is 6.67. The van der Waals surface area contributed by atoms with E-state index >= 15 is 0 Å². The molecule has 0 N–H and O–H groups in total. The second-order valence-electron chi connectivity index (χ2n) is 4.04. The smallest absolute Gasteiger partial charge is 0.365 e. The molecule has 0 radical (unpaired) electrons. The third kappa shape index (κ3) is 2.11. The molecule has 1 aliphatic heterocycles. The minimum Gasteiger partial charge on any atom is -0.423 e. The van der Waals surface area contributed by atoms with Crippen LogP contribution >= 0.6 is 23.4 Å². The summed E-state index contributed by atoms with van der Waals surface area (Å²) in [6.07, 6.45) is 0. The molecular formula is C14H8ClFO2S. The van der Waals surface area contributed by atoms with E-state index in [1.54, 1.807) is 30.3 Å². The lowest BCUT2D eigenvalue weighted by molar-refractivity contribution is -0.139. The first-order chi connectivity index (χ1) is 9.09. The third-order valence-corrected chi connectivity index (χ3v) is 4.17.